The van der Waals surface area contributed by atoms with Crippen LogP contribution in [0, 0.1) is 0 Å². The first-order chi connectivity index (χ1) is 20.4. The first-order valence-corrected chi connectivity index (χ1v) is 13.6. The molecule has 4 amide bonds. The molecule has 1 atom stereocenters. The molecule has 2 aliphatic heterocycles. The van der Waals surface area contributed by atoms with E-state index in [4.69, 9.17) is 9.15 Å². The number of furan rings is 1. The zero-order valence-electron chi connectivity index (χ0n) is 23.4. The molecule has 3 aromatic heterocycles. The second kappa shape index (κ2) is 12.7. The van der Waals surface area contributed by atoms with Crippen molar-refractivity contribution in [3.63, 3.8) is 0 Å². The molecular formula is C30H32N6O6. The number of anilines is 1. The zero-order chi connectivity index (χ0) is 29.6. The normalized spacial score (nSPS) is 15.6. The number of carbonyl (C=O) groups excluding carboxylic acids is 3. The Bertz CT molecular complexity index is 1590. The monoisotopic (exact) mass is 572 g/mol. The largest absolute Gasteiger partial charge is 0.497 e. The van der Waals surface area contributed by atoms with E-state index in [-0.39, 0.29) is 12.5 Å². The number of urea groups is 1. The van der Waals surface area contributed by atoms with Gasteiger partial charge < -0.3 is 29.4 Å². The number of carbonyl (C=O) groups is 3. The second-order valence-electron chi connectivity index (χ2n) is 9.92. The maximum atomic E-state index is 11.8. The Labute approximate surface area is 242 Å². The first kappa shape index (κ1) is 28.6. The van der Waals surface area contributed by atoms with Gasteiger partial charge in [0.05, 0.1) is 13.7 Å². The first-order valence-electron chi connectivity index (χ1n) is 13.6. The molecule has 218 valence electrons. The minimum Gasteiger partial charge on any atom is -0.497 e. The third-order valence-corrected chi connectivity index (χ3v) is 7.02. The van der Waals surface area contributed by atoms with Crippen LogP contribution in [0.1, 0.15) is 39.8 Å². The predicted octanol–water partition coefficient (Wildman–Crippen LogP) is 2.82. The summed E-state index contributed by atoms with van der Waals surface area (Å²) in [5.74, 6) is 1.40. The van der Waals surface area contributed by atoms with Gasteiger partial charge in [-0.05, 0) is 54.8 Å². The number of hydrogen-bond donors (Lipinski definition) is 3. The lowest BCUT2D eigenvalue weighted by Crippen LogP contribution is -2.28. The number of nitrogens with zero attached hydrogens (tertiary/aromatic N) is 4. The summed E-state index contributed by atoms with van der Waals surface area (Å²) in [4.78, 5) is 47.4. The Hall–Kier alpha value is -4.97. The summed E-state index contributed by atoms with van der Waals surface area (Å²) in [6.45, 7) is 1.88. The van der Waals surface area contributed by atoms with Crippen LogP contribution in [0.2, 0.25) is 0 Å². The molecule has 1 aromatic carbocycles. The van der Waals surface area contributed by atoms with Gasteiger partial charge in [0.1, 0.15) is 22.8 Å². The lowest BCUT2D eigenvalue weighted by Gasteiger charge is -2.22. The van der Waals surface area contributed by atoms with Gasteiger partial charge in [0.2, 0.25) is 0 Å². The molecular weight excluding hydrogens is 540 g/mol. The van der Waals surface area contributed by atoms with Crippen molar-refractivity contribution in [2.24, 2.45) is 0 Å². The molecule has 3 N–H and O–H groups in total. The maximum absolute atomic E-state index is 11.8. The van der Waals surface area contributed by atoms with Gasteiger partial charge in [-0.15, -0.1) is 0 Å². The lowest BCUT2D eigenvalue weighted by atomic mass is 10.1. The molecule has 5 heterocycles. The molecule has 4 aromatic rings. The van der Waals surface area contributed by atoms with Crippen molar-refractivity contribution in [2.75, 3.05) is 38.8 Å². The van der Waals surface area contributed by atoms with Crippen molar-refractivity contribution in [1.82, 2.24) is 25.5 Å². The van der Waals surface area contributed by atoms with Gasteiger partial charge in [-0.3, -0.25) is 19.9 Å². The Kier molecular flexibility index (Phi) is 8.63. The summed E-state index contributed by atoms with van der Waals surface area (Å²) in [5.41, 5.74) is 3.97. The number of hydrogen-bond acceptors (Lipinski definition) is 9. The summed E-state index contributed by atoms with van der Waals surface area (Å²) >= 11 is 0. The van der Waals surface area contributed by atoms with E-state index in [1.165, 1.54) is 0 Å². The Morgan fingerprint density at radius 2 is 1.98 bits per heavy atom. The molecule has 42 heavy (non-hydrogen) atoms. The topological polar surface area (TPSA) is 150 Å². The summed E-state index contributed by atoms with van der Waals surface area (Å²) in [7, 11) is 3.40. The van der Waals surface area contributed by atoms with E-state index in [2.05, 4.69) is 20.6 Å². The van der Waals surface area contributed by atoms with Crippen LogP contribution < -0.4 is 20.3 Å². The van der Waals surface area contributed by atoms with Gasteiger partial charge in [-0.25, -0.2) is 9.78 Å². The number of aryl methyl sites for hydroxylation is 1. The molecule has 0 saturated carbocycles. The van der Waals surface area contributed by atoms with Crippen molar-refractivity contribution >= 4 is 34.8 Å². The van der Waals surface area contributed by atoms with E-state index in [9.17, 15) is 19.5 Å². The van der Waals surface area contributed by atoms with Crippen molar-refractivity contribution in [3.05, 3.63) is 83.4 Å². The molecule has 0 aliphatic carbocycles. The lowest BCUT2D eigenvalue weighted by molar-refractivity contribution is -0.120. The molecule has 0 spiro atoms. The fraction of sp³-hybridized carbons (Fsp3) is 0.300. The number of aromatic nitrogens is 2. The van der Waals surface area contributed by atoms with Crippen molar-refractivity contribution in [2.45, 2.75) is 25.4 Å². The Balaban J connectivity index is 0.000000226. The SMILES string of the molecule is COc1ccc2c(c1)C(=O)N(C)C2.O=C1NC(=O)C(c2cc3nc(N(CCO)CCCc4ccccn4)ccc3o2)N1. The van der Waals surface area contributed by atoms with Crippen LogP contribution in [0.15, 0.2) is 65.2 Å². The summed E-state index contributed by atoms with van der Waals surface area (Å²) in [5, 5.41) is 14.1. The maximum Gasteiger partial charge on any atom is 0.322 e. The number of methoxy groups -OCH3 is 1. The van der Waals surface area contributed by atoms with Crippen molar-refractivity contribution in [3.8, 4) is 5.75 Å². The number of ether oxygens (including phenoxy) is 1. The highest BCUT2D eigenvalue weighted by Crippen LogP contribution is 2.27. The van der Waals surface area contributed by atoms with Crippen molar-refractivity contribution in [1.29, 1.82) is 0 Å². The molecule has 12 nitrogen and oxygen atoms in total. The van der Waals surface area contributed by atoms with Crippen LogP contribution in [0.4, 0.5) is 10.6 Å². The van der Waals surface area contributed by atoms with Gasteiger partial charge in [0.25, 0.3) is 11.8 Å². The standard InChI is InChI=1S/C20H21N5O4.C10H11NO2/c26-11-10-25(9-3-5-13-4-1-2-8-21-13)17-7-6-15-14(22-17)12-16(29-15)18-19(27)24-20(28)23-18;1-11-6-7-3-4-8(13-2)5-9(7)10(11)12/h1-2,4,6-8,12,18,26H,3,5,9-11H2,(H2,23,24,27,28);3-5H,6H2,1-2H3. The highest BCUT2D eigenvalue weighted by molar-refractivity contribution is 6.04. The summed E-state index contributed by atoms with van der Waals surface area (Å²) in [6, 6.07) is 15.3. The Morgan fingerprint density at radius 1 is 1.12 bits per heavy atom. The van der Waals surface area contributed by atoms with E-state index in [0.29, 0.717) is 42.3 Å². The zero-order valence-corrected chi connectivity index (χ0v) is 23.4. The number of nitrogens with one attached hydrogen (secondary N) is 2. The highest BCUT2D eigenvalue weighted by atomic mass is 16.5. The van der Waals surface area contributed by atoms with E-state index >= 15 is 0 Å². The Morgan fingerprint density at radius 3 is 2.69 bits per heavy atom. The molecule has 12 heteroatoms. The third kappa shape index (κ3) is 6.33. The molecule has 0 radical (unpaired) electrons. The van der Waals surface area contributed by atoms with Crippen LogP contribution in [-0.2, 0) is 17.8 Å². The van der Waals surface area contributed by atoms with Crippen LogP contribution in [-0.4, -0.2) is 71.7 Å². The molecule has 1 saturated heterocycles. The molecule has 0 bridgehead atoms. The van der Waals surface area contributed by atoms with Gasteiger partial charge >= 0.3 is 6.03 Å². The fourth-order valence-electron chi connectivity index (χ4n) is 4.88. The molecule has 6 rings (SSSR count). The van der Waals surface area contributed by atoms with E-state index in [1.807, 2.05) is 41.3 Å². The average Bonchev–Trinajstić information content (AvgIpc) is 3.66. The number of fused-ring (bicyclic) bond motifs is 2. The number of rotatable bonds is 9. The summed E-state index contributed by atoms with van der Waals surface area (Å²) < 4.78 is 10.7. The average molecular weight is 573 g/mol. The van der Waals surface area contributed by atoms with E-state index in [0.717, 1.165) is 35.4 Å². The van der Waals surface area contributed by atoms with Crippen LogP contribution in [0.3, 0.4) is 0 Å². The van der Waals surface area contributed by atoms with Crippen LogP contribution in [0.5, 0.6) is 5.75 Å². The fourth-order valence-corrected chi connectivity index (χ4v) is 4.88. The minimum atomic E-state index is -0.855. The number of aliphatic hydroxyl groups excluding tert-OH is 1. The summed E-state index contributed by atoms with van der Waals surface area (Å²) in [6.07, 6.45) is 3.47. The molecule has 2 aliphatic rings. The van der Waals surface area contributed by atoms with Gasteiger partial charge in [-0.1, -0.05) is 12.1 Å². The number of amides is 4. The van der Waals surface area contributed by atoms with Crippen molar-refractivity contribution < 1.29 is 28.6 Å². The van der Waals surface area contributed by atoms with Gasteiger partial charge in [0.15, 0.2) is 11.6 Å². The number of benzene rings is 1. The second-order valence-corrected chi connectivity index (χ2v) is 9.92. The highest BCUT2D eigenvalue weighted by Gasteiger charge is 2.33. The third-order valence-electron chi connectivity index (χ3n) is 7.02. The van der Waals surface area contributed by atoms with Crippen LogP contribution >= 0.6 is 0 Å². The van der Waals surface area contributed by atoms with Gasteiger partial charge in [-0.2, -0.15) is 0 Å². The molecule has 1 unspecified atom stereocenters. The van der Waals surface area contributed by atoms with E-state index in [1.54, 1.807) is 43.5 Å². The predicted molar refractivity (Wildman–Crippen MR) is 154 cm³/mol. The smallest absolute Gasteiger partial charge is 0.322 e. The van der Waals surface area contributed by atoms with Gasteiger partial charge in [0, 0.05) is 50.2 Å². The minimum absolute atomic E-state index is 0.00815. The van der Waals surface area contributed by atoms with Crippen LogP contribution in [0.25, 0.3) is 11.1 Å². The molecule has 1 fully saturated rings. The number of imide groups is 1. The number of pyridine rings is 2. The quantitative estimate of drug-likeness (QED) is 0.257. The number of aliphatic hydroxyl groups is 1. The van der Waals surface area contributed by atoms with E-state index < -0.39 is 18.0 Å².